The zero-order chi connectivity index (χ0) is 11.9. The number of fused-ring (bicyclic) bond motifs is 2. The summed E-state index contributed by atoms with van der Waals surface area (Å²) in [6.45, 7) is 0. The third kappa shape index (κ3) is 1.60. The molecule has 17 heavy (non-hydrogen) atoms. The first-order valence-corrected chi connectivity index (χ1v) is 7.09. The molecule has 0 unspecified atom stereocenters. The predicted octanol–water partition coefficient (Wildman–Crippen LogP) is 2.93. The molecule has 1 fully saturated rings. The van der Waals surface area contributed by atoms with Crippen LogP contribution in [0.1, 0.15) is 30.4 Å². The molecule has 90 valence electrons. The number of hydrogen-bond donors (Lipinski definition) is 0. The highest BCUT2D eigenvalue weighted by Gasteiger charge is 2.46. The van der Waals surface area contributed by atoms with Crippen LogP contribution in [0.2, 0.25) is 0 Å². The molecule has 0 N–H and O–H groups in total. The van der Waals surface area contributed by atoms with Gasteiger partial charge in [-0.05, 0) is 48.3 Å². The van der Waals surface area contributed by atoms with Gasteiger partial charge in [-0.1, -0.05) is 6.07 Å². The molecule has 1 aliphatic heterocycles. The summed E-state index contributed by atoms with van der Waals surface area (Å²) >= 11 is 1.83. The molecule has 1 atom stereocenters. The Kier molecular flexibility index (Phi) is 2.66. The van der Waals surface area contributed by atoms with Crippen LogP contribution < -0.4 is 4.74 Å². The molecular formula is C14H16O2S. The van der Waals surface area contributed by atoms with Crippen LogP contribution in [0.5, 0.6) is 5.75 Å². The number of ketones is 1. The van der Waals surface area contributed by atoms with Crippen molar-refractivity contribution in [1.29, 1.82) is 0 Å². The molecule has 1 aromatic rings. The van der Waals surface area contributed by atoms with Crippen molar-refractivity contribution in [2.24, 2.45) is 0 Å². The molecule has 0 bridgehead atoms. The van der Waals surface area contributed by atoms with Crippen LogP contribution in [0.15, 0.2) is 18.2 Å². The SMILES string of the molecule is COc1ccc2c(c1)[C@@]1(CCCS1)C(=O)CC2. The molecular weight excluding hydrogens is 232 g/mol. The predicted molar refractivity (Wildman–Crippen MR) is 69.7 cm³/mol. The van der Waals surface area contributed by atoms with Gasteiger partial charge in [0.25, 0.3) is 0 Å². The fourth-order valence-corrected chi connectivity index (χ4v) is 4.48. The minimum atomic E-state index is -0.248. The number of Topliss-reactive ketones (excluding diaryl/α,β-unsaturated/α-hetero) is 1. The van der Waals surface area contributed by atoms with E-state index < -0.39 is 0 Å². The number of hydrogen-bond acceptors (Lipinski definition) is 3. The van der Waals surface area contributed by atoms with Gasteiger partial charge < -0.3 is 4.74 Å². The summed E-state index contributed by atoms with van der Waals surface area (Å²) < 4.78 is 5.05. The smallest absolute Gasteiger partial charge is 0.153 e. The van der Waals surface area contributed by atoms with E-state index in [-0.39, 0.29) is 4.75 Å². The van der Waals surface area contributed by atoms with Gasteiger partial charge in [-0.2, -0.15) is 0 Å². The quantitative estimate of drug-likeness (QED) is 0.764. The van der Waals surface area contributed by atoms with E-state index in [0.717, 1.165) is 30.8 Å². The summed E-state index contributed by atoms with van der Waals surface area (Å²) in [5.41, 5.74) is 2.55. The van der Waals surface area contributed by atoms with E-state index in [2.05, 4.69) is 12.1 Å². The van der Waals surface area contributed by atoms with Gasteiger partial charge in [0.15, 0.2) is 5.78 Å². The summed E-state index contributed by atoms with van der Waals surface area (Å²) in [5, 5.41) is 0. The molecule has 0 radical (unpaired) electrons. The van der Waals surface area contributed by atoms with Gasteiger partial charge in [0.05, 0.1) is 11.9 Å². The first-order chi connectivity index (χ1) is 8.26. The summed E-state index contributed by atoms with van der Waals surface area (Å²) in [6, 6.07) is 6.20. The van der Waals surface area contributed by atoms with E-state index in [4.69, 9.17) is 4.74 Å². The van der Waals surface area contributed by atoms with Crippen LogP contribution in [0.25, 0.3) is 0 Å². The third-order valence-electron chi connectivity index (χ3n) is 3.85. The number of thioether (sulfide) groups is 1. The minimum absolute atomic E-state index is 0.248. The van der Waals surface area contributed by atoms with Crippen LogP contribution in [0.3, 0.4) is 0 Å². The fourth-order valence-electron chi connectivity index (χ4n) is 2.95. The number of aryl methyl sites for hydroxylation is 1. The largest absolute Gasteiger partial charge is 0.497 e. The highest BCUT2D eigenvalue weighted by atomic mass is 32.2. The van der Waals surface area contributed by atoms with E-state index >= 15 is 0 Å². The lowest BCUT2D eigenvalue weighted by Gasteiger charge is -2.33. The zero-order valence-electron chi connectivity index (χ0n) is 9.99. The Balaban J connectivity index is 2.15. The number of rotatable bonds is 1. The summed E-state index contributed by atoms with van der Waals surface area (Å²) in [7, 11) is 1.68. The van der Waals surface area contributed by atoms with Crippen molar-refractivity contribution < 1.29 is 9.53 Å². The van der Waals surface area contributed by atoms with Crippen molar-refractivity contribution >= 4 is 17.5 Å². The van der Waals surface area contributed by atoms with Gasteiger partial charge >= 0.3 is 0 Å². The molecule has 1 heterocycles. The highest BCUT2D eigenvalue weighted by molar-refractivity contribution is 8.01. The van der Waals surface area contributed by atoms with E-state index in [0.29, 0.717) is 12.2 Å². The third-order valence-corrected chi connectivity index (χ3v) is 5.48. The van der Waals surface area contributed by atoms with Crippen molar-refractivity contribution in [1.82, 2.24) is 0 Å². The van der Waals surface area contributed by atoms with Gasteiger partial charge in [0.2, 0.25) is 0 Å². The highest BCUT2D eigenvalue weighted by Crippen LogP contribution is 2.52. The fraction of sp³-hybridized carbons (Fsp3) is 0.500. The van der Waals surface area contributed by atoms with E-state index in [1.807, 2.05) is 17.8 Å². The molecule has 0 saturated carbocycles. The molecule has 3 heteroatoms. The molecule has 0 aromatic heterocycles. The van der Waals surface area contributed by atoms with Gasteiger partial charge in [-0.25, -0.2) is 0 Å². The van der Waals surface area contributed by atoms with Gasteiger partial charge in [-0.15, -0.1) is 11.8 Å². The average molecular weight is 248 g/mol. The van der Waals surface area contributed by atoms with Crippen LogP contribution >= 0.6 is 11.8 Å². The molecule has 2 aliphatic rings. The van der Waals surface area contributed by atoms with Crippen molar-refractivity contribution in [3.05, 3.63) is 29.3 Å². The molecule has 2 nitrogen and oxygen atoms in total. The molecule has 1 aliphatic carbocycles. The number of ether oxygens (including phenoxy) is 1. The Morgan fingerprint density at radius 1 is 1.35 bits per heavy atom. The molecule has 1 aromatic carbocycles. The van der Waals surface area contributed by atoms with E-state index in [1.165, 1.54) is 11.1 Å². The Morgan fingerprint density at radius 2 is 2.24 bits per heavy atom. The maximum atomic E-state index is 12.3. The Morgan fingerprint density at radius 3 is 2.94 bits per heavy atom. The monoisotopic (exact) mass is 248 g/mol. The molecule has 3 rings (SSSR count). The minimum Gasteiger partial charge on any atom is -0.497 e. The maximum absolute atomic E-state index is 12.3. The lowest BCUT2D eigenvalue weighted by Crippen LogP contribution is -2.35. The van der Waals surface area contributed by atoms with Crippen LogP contribution in [-0.4, -0.2) is 18.6 Å². The number of carbonyl (C=O) groups is 1. The van der Waals surface area contributed by atoms with Gasteiger partial charge in [-0.3, -0.25) is 4.79 Å². The average Bonchev–Trinajstić information content (AvgIpc) is 2.85. The first-order valence-electron chi connectivity index (χ1n) is 6.11. The number of methoxy groups -OCH3 is 1. The van der Waals surface area contributed by atoms with Crippen molar-refractivity contribution in [2.45, 2.75) is 30.4 Å². The Bertz CT molecular complexity index is 461. The second kappa shape index (κ2) is 4.05. The van der Waals surface area contributed by atoms with E-state index in [1.54, 1.807) is 7.11 Å². The Labute approximate surface area is 106 Å². The second-order valence-corrected chi connectivity index (χ2v) is 6.12. The molecule has 1 saturated heterocycles. The number of carbonyl (C=O) groups excluding carboxylic acids is 1. The van der Waals surface area contributed by atoms with E-state index in [9.17, 15) is 4.79 Å². The van der Waals surface area contributed by atoms with Gasteiger partial charge in [0, 0.05) is 6.42 Å². The first kappa shape index (κ1) is 11.1. The maximum Gasteiger partial charge on any atom is 0.153 e. The standard InChI is InChI=1S/C14H16O2S/c1-16-11-5-3-10-4-6-13(15)14(12(10)9-11)7-2-8-17-14/h3,5,9H,2,4,6-8H2,1H3/t14-/m0/s1. The lowest BCUT2D eigenvalue weighted by atomic mass is 9.79. The normalized spacial score (nSPS) is 27.2. The second-order valence-electron chi connectivity index (χ2n) is 4.73. The topological polar surface area (TPSA) is 26.3 Å². The summed E-state index contributed by atoms with van der Waals surface area (Å²) in [6.07, 6.45) is 3.73. The van der Waals surface area contributed by atoms with Crippen molar-refractivity contribution in [2.75, 3.05) is 12.9 Å². The van der Waals surface area contributed by atoms with Crippen molar-refractivity contribution in [3.8, 4) is 5.75 Å². The zero-order valence-corrected chi connectivity index (χ0v) is 10.8. The lowest BCUT2D eigenvalue weighted by molar-refractivity contribution is -0.122. The molecule has 0 amide bonds. The number of benzene rings is 1. The van der Waals surface area contributed by atoms with Crippen LogP contribution in [0.4, 0.5) is 0 Å². The Hall–Kier alpha value is -0.960. The molecule has 1 spiro atoms. The summed E-state index contributed by atoms with van der Waals surface area (Å²) in [4.78, 5) is 12.3. The summed E-state index contributed by atoms with van der Waals surface area (Å²) in [5.74, 6) is 2.38. The van der Waals surface area contributed by atoms with Gasteiger partial charge in [0.1, 0.15) is 5.75 Å². The van der Waals surface area contributed by atoms with Crippen LogP contribution in [0, 0.1) is 0 Å². The van der Waals surface area contributed by atoms with Crippen molar-refractivity contribution in [3.63, 3.8) is 0 Å². The van der Waals surface area contributed by atoms with Crippen LogP contribution in [-0.2, 0) is 16.0 Å².